The summed E-state index contributed by atoms with van der Waals surface area (Å²) in [5.41, 5.74) is 8.58. The van der Waals surface area contributed by atoms with Crippen LogP contribution in [0.25, 0.3) is 0 Å². The summed E-state index contributed by atoms with van der Waals surface area (Å²) in [4.78, 5) is 0. The molecule has 1 rings (SSSR count). The van der Waals surface area contributed by atoms with Crippen LogP contribution >= 0.6 is 0 Å². The molecule has 3 heteroatoms. The molecule has 0 radical (unpaired) electrons. The van der Waals surface area contributed by atoms with E-state index in [-0.39, 0.29) is 12.0 Å². The lowest BCUT2D eigenvalue weighted by molar-refractivity contribution is 0.171. The van der Waals surface area contributed by atoms with Gasteiger partial charge in [-0.05, 0) is 24.6 Å². The van der Waals surface area contributed by atoms with Gasteiger partial charge in [-0.1, -0.05) is 19.9 Å². The molecule has 1 aromatic carbocycles. The molecule has 0 saturated heterocycles. The van der Waals surface area contributed by atoms with Crippen LogP contribution in [0.1, 0.15) is 19.4 Å². The fourth-order valence-electron chi connectivity index (χ4n) is 1.24. The molecule has 0 unspecified atom stereocenters. The lowest BCUT2D eigenvalue weighted by Gasteiger charge is -2.23. The molecule has 0 aliphatic rings. The smallest absolute Gasteiger partial charge is 0.0498 e. The average Bonchev–Trinajstić information content (AvgIpc) is 2.20. The zero-order valence-corrected chi connectivity index (χ0v) is 9.67. The van der Waals surface area contributed by atoms with Gasteiger partial charge in [0, 0.05) is 29.9 Å². The third-order valence-corrected chi connectivity index (χ3v) is 2.56. The highest BCUT2D eigenvalue weighted by atomic mass is 16.3. The number of nitrogen functional groups attached to an aromatic ring is 1. The molecule has 0 fully saturated rings. The minimum absolute atomic E-state index is 0.114. The van der Waals surface area contributed by atoms with Crippen LogP contribution in [-0.4, -0.2) is 18.3 Å². The zero-order valence-electron chi connectivity index (χ0n) is 9.67. The number of hydrogen-bond donors (Lipinski definition) is 3. The van der Waals surface area contributed by atoms with Gasteiger partial charge in [0.2, 0.25) is 0 Å². The first kappa shape index (κ1) is 11.9. The zero-order chi connectivity index (χ0) is 11.5. The molecule has 3 nitrogen and oxygen atoms in total. The number of hydrogen-bond acceptors (Lipinski definition) is 3. The number of rotatable bonds is 4. The lowest BCUT2D eigenvalue weighted by atomic mass is 9.95. The van der Waals surface area contributed by atoms with Gasteiger partial charge in [0.15, 0.2) is 0 Å². The van der Waals surface area contributed by atoms with Crippen LogP contribution in [0.5, 0.6) is 0 Å². The Morgan fingerprint density at radius 3 is 2.67 bits per heavy atom. The van der Waals surface area contributed by atoms with Crippen LogP contribution < -0.4 is 11.1 Å². The molecule has 0 aromatic heterocycles. The van der Waals surface area contributed by atoms with E-state index in [1.54, 1.807) is 0 Å². The first-order valence-corrected chi connectivity index (χ1v) is 5.16. The van der Waals surface area contributed by atoms with E-state index in [9.17, 15) is 0 Å². The van der Waals surface area contributed by atoms with Gasteiger partial charge < -0.3 is 16.2 Å². The Balaban J connectivity index is 2.70. The van der Waals surface area contributed by atoms with Crippen molar-refractivity contribution in [3.63, 3.8) is 0 Å². The maximum absolute atomic E-state index is 9.13. The molecule has 84 valence electrons. The predicted molar refractivity (Wildman–Crippen MR) is 64.9 cm³/mol. The number of anilines is 2. The van der Waals surface area contributed by atoms with Crippen LogP contribution in [0.3, 0.4) is 0 Å². The third-order valence-electron chi connectivity index (χ3n) is 2.56. The molecule has 0 aliphatic heterocycles. The fraction of sp³-hybridized carbons (Fsp3) is 0.500. The highest BCUT2D eigenvalue weighted by molar-refractivity contribution is 5.62. The Morgan fingerprint density at radius 2 is 2.07 bits per heavy atom. The van der Waals surface area contributed by atoms with E-state index in [1.807, 2.05) is 39.0 Å². The van der Waals surface area contributed by atoms with Crippen LogP contribution in [0.4, 0.5) is 11.4 Å². The summed E-state index contributed by atoms with van der Waals surface area (Å²) in [6, 6.07) is 5.81. The minimum atomic E-state index is -0.114. The van der Waals surface area contributed by atoms with E-state index in [2.05, 4.69) is 5.32 Å². The van der Waals surface area contributed by atoms with Crippen molar-refractivity contribution in [3.8, 4) is 0 Å². The summed E-state index contributed by atoms with van der Waals surface area (Å²) in [6.45, 7) is 6.92. The Labute approximate surface area is 91.3 Å². The molecule has 4 N–H and O–H groups in total. The van der Waals surface area contributed by atoms with E-state index in [4.69, 9.17) is 10.8 Å². The predicted octanol–water partition coefficient (Wildman–Crippen LogP) is 2.01. The largest absolute Gasteiger partial charge is 0.398 e. The van der Waals surface area contributed by atoms with Gasteiger partial charge in [0.05, 0.1) is 0 Å². The molecule has 0 spiro atoms. The van der Waals surface area contributed by atoms with Crippen molar-refractivity contribution in [2.75, 3.05) is 24.2 Å². The summed E-state index contributed by atoms with van der Waals surface area (Å²) in [7, 11) is 0. The second-order valence-electron chi connectivity index (χ2n) is 4.70. The summed E-state index contributed by atoms with van der Waals surface area (Å²) < 4.78 is 0. The van der Waals surface area contributed by atoms with E-state index in [1.165, 1.54) is 0 Å². The highest BCUT2D eigenvalue weighted by Gasteiger charge is 2.16. The second kappa shape index (κ2) is 4.53. The van der Waals surface area contributed by atoms with Gasteiger partial charge >= 0.3 is 0 Å². The number of aliphatic hydroxyl groups is 1. The summed E-state index contributed by atoms with van der Waals surface area (Å²) in [6.07, 6.45) is 0. The average molecular weight is 208 g/mol. The Hall–Kier alpha value is -1.22. The van der Waals surface area contributed by atoms with Gasteiger partial charge in [-0.3, -0.25) is 0 Å². The molecule has 1 aromatic rings. The van der Waals surface area contributed by atoms with Crippen molar-refractivity contribution in [1.29, 1.82) is 0 Å². The Morgan fingerprint density at radius 1 is 1.40 bits per heavy atom. The standard InChI is InChI=1S/C12H20N2O/c1-9-10(13)5-4-6-11(9)14-7-12(2,3)8-15/h4-6,14-15H,7-8,13H2,1-3H3. The number of nitrogens with two attached hydrogens (primary N) is 1. The Kier molecular flexibility index (Phi) is 3.58. The molecule has 15 heavy (non-hydrogen) atoms. The van der Waals surface area contributed by atoms with Gasteiger partial charge in [-0.2, -0.15) is 0 Å². The van der Waals surface area contributed by atoms with Crippen molar-refractivity contribution >= 4 is 11.4 Å². The molecule has 0 atom stereocenters. The minimum Gasteiger partial charge on any atom is -0.398 e. The SMILES string of the molecule is Cc1c(N)cccc1NCC(C)(C)CO. The maximum atomic E-state index is 9.13. The fourth-order valence-corrected chi connectivity index (χ4v) is 1.24. The van der Waals surface area contributed by atoms with Crippen molar-refractivity contribution in [2.24, 2.45) is 5.41 Å². The topological polar surface area (TPSA) is 58.3 Å². The van der Waals surface area contributed by atoms with Crippen molar-refractivity contribution < 1.29 is 5.11 Å². The molecular formula is C12H20N2O. The molecule has 0 saturated carbocycles. The molecule has 0 amide bonds. The van der Waals surface area contributed by atoms with Gasteiger partial charge in [-0.15, -0.1) is 0 Å². The first-order valence-electron chi connectivity index (χ1n) is 5.16. The Bertz CT molecular complexity index is 334. The quantitative estimate of drug-likeness (QED) is 0.663. The van der Waals surface area contributed by atoms with Crippen molar-refractivity contribution in [1.82, 2.24) is 0 Å². The van der Waals surface area contributed by atoms with Crippen LogP contribution in [-0.2, 0) is 0 Å². The highest BCUT2D eigenvalue weighted by Crippen LogP contribution is 2.22. The van der Waals surface area contributed by atoms with E-state index in [0.717, 1.165) is 23.5 Å². The van der Waals surface area contributed by atoms with Crippen molar-refractivity contribution in [2.45, 2.75) is 20.8 Å². The van der Waals surface area contributed by atoms with Gasteiger partial charge in [0.25, 0.3) is 0 Å². The van der Waals surface area contributed by atoms with Gasteiger partial charge in [0.1, 0.15) is 0 Å². The maximum Gasteiger partial charge on any atom is 0.0498 e. The van der Waals surface area contributed by atoms with E-state index < -0.39 is 0 Å². The second-order valence-corrected chi connectivity index (χ2v) is 4.70. The number of benzene rings is 1. The monoisotopic (exact) mass is 208 g/mol. The normalized spacial score (nSPS) is 11.5. The van der Waals surface area contributed by atoms with Crippen LogP contribution in [0, 0.1) is 12.3 Å². The lowest BCUT2D eigenvalue weighted by Crippen LogP contribution is -2.27. The van der Waals surface area contributed by atoms with E-state index in [0.29, 0.717) is 0 Å². The third kappa shape index (κ3) is 3.13. The van der Waals surface area contributed by atoms with Crippen LogP contribution in [0.15, 0.2) is 18.2 Å². The van der Waals surface area contributed by atoms with E-state index >= 15 is 0 Å². The molecule has 0 bridgehead atoms. The first-order chi connectivity index (χ1) is 6.96. The molecule has 0 aliphatic carbocycles. The van der Waals surface area contributed by atoms with Crippen molar-refractivity contribution in [3.05, 3.63) is 23.8 Å². The molecule has 0 heterocycles. The number of nitrogens with one attached hydrogen (secondary N) is 1. The number of aliphatic hydroxyl groups excluding tert-OH is 1. The summed E-state index contributed by atoms with van der Waals surface area (Å²) >= 11 is 0. The van der Waals surface area contributed by atoms with Crippen LogP contribution in [0.2, 0.25) is 0 Å². The summed E-state index contributed by atoms with van der Waals surface area (Å²) in [5, 5.41) is 12.4. The van der Waals surface area contributed by atoms with Gasteiger partial charge in [-0.25, -0.2) is 0 Å². The summed E-state index contributed by atoms with van der Waals surface area (Å²) in [5.74, 6) is 0. The molecular weight excluding hydrogens is 188 g/mol.